The van der Waals surface area contributed by atoms with Crippen molar-refractivity contribution in [2.24, 2.45) is 0 Å². The lowest BCUT2D eigenvalue weighted by Crippen LogP contribution is -2.35. The number of aromatic nitrogens is 2. The molecule has 4 rings (SSSR count). The van der Waals surface area contributed by atoms with Crippen LogP contribution in [0.5, 0.6) is 0 Å². The van der Waals surface area contributed by atoms with Crippen molar-refractivity contribution in [3.05, 3.63) is 62.8 Å². The van der Waals surface area contributed by atoms with Gasteiger partial charge in [0.2, 0.25) is 0 Å². The van der Waals surface area contributed by atoms with E-state index >= 15 is 0 Å². The van der Waals surface area contributed by atoms with E-state index in [2.05, 4.69) is 16.0 Å². The monoisotopic (exact) mass is 306 g/mol. The van der Waals surface area contributed by atoms with E-state index in [4.69, 9.17) is 4.98 Å². The molecule has 0 radical (unpaired) electrons. The van der Waals surface area contributed by atoms with E-state index in [1.807, 2.05) is 24.3 Å². The fraction of sp³-hybridized carbons (Fsp3) is 0.389. The van der Waals surface area contributed by atoms with Gasteiger partial charge in [-0.25, -0.2) is 4.98 Å². The van der Waals surface area contributed by atoms with Crippen LogP contribution in [0.1, 0.15) is 47.0 Å². The van der Waals surface area contributed by atoms with Crippen LogP contribution in [-0.4, -0.2) is 21.4 Å². The second-order valence-electron chi connectivity index (χ2n) is 6.38. The van der Waals surface area contributed by atoms with Crippen LogP contribution < -0.4 is 5.56 Å². The molecule has 0 saturated heterocycles. The number of nitrogens with zero attached hydrogens (tertiary/aromatic N) is 3. The highest BCUT2D eigenvalue weighted by Crippen LogP contribution is 2.37. The maximum Gasteiger partial charge on any atom is 0.254 e. The van der Waals surface area contributed by atoms with Gasteiger partial charge in [-0.2, -0.15) is 5.26 Å². The molecule has 1 aromatic carbocycles. The lowest BCUT2D eigenvalue weighted by Gasteiger charge is -2.28. The van der Waals surface area contributed by atoms with Crippen molar-refractivity contribution >= 4 is 0 Å². The molecule has 2 aliphatic rings. The quantitative estimate of drug-likeness (QED) is 0.942. The first-order valence-corrected chi connectivity index (χ1v) is 8.07. The van der Waals surface area contributed by atoms with Gasteiger partial charge in [0.05, 0.1) is 17.3 Å². The van der Waals surface area contributed by atoms with Gasteiger partial charge in [-0.3, -0.25) is 9.69 Å². The first-order chi connectivity index (χ1) is 11.2. The van der Waals surface area contributed by atoms with Crippen molar-refractivity contribution in [1.29, 1.82) is 5.26 Å². The summed E-state index contributed by atoms with van der Waals surface area (Å²) in [5, 5.41) is 9.22. The van der Waals surface area contributed by atoms with Crippen LogP contribution in [0.15, 0.2) is 29.1 Å². The summed E-state index contributed by atoms with van der Waals surface area (Å²) in [5.41, 5.74) is 3.53. The Kier molecular flexibility index (Phi) is 3.47. The molecule has 0 amide bonds. The summed E-state index contributed by atoms with van der Waals surface area (Å²) in [5.74, 6) is 1.30. The number of H-pyrrole nitrogens is 1. The molecule has 116 valence electrons. The molecule has 1 saturated carbocycles. The summed E-state index contributed by atoms with van der Waals surface area (Å²) >= 11 is 0. The van der Waals surface area contributed by atoms with Crippen LogP contribution in [0, 0.1) is 11.3 Å². The van der Waals surface area contributed by atoms with Crippen molar-refractivity contribution < 1.29 is 0 Å². The minimum atomic E-state index is 0.0361. The van der Waals surface area contributed by atoms with E-state index in [1.54, 1.807) is 0 Å². The predicted molar refractivity (Wildman–Crippen MR) is 85.8 cm³/mol. The van der Waals surface area contributed by atoms with Gasteiger partial charge in [0.25, 0.3) is 5.56 Å². The largest absolute Gasteiger partial charge is 0.310 e. The number of aromatic amines is 1. The highest BCUT2D eigenvalue weighted by Gasteiger charge is 2.29. The van der Waals surface area contributed by atoms with Crippen LogP contribution >= 0.6 is 0 Å². The van der Waals surface area contributed by atoms with Crippen molar-refractivity contribution in [2.75, 3.05) is 6.54 Å². The molecule has 2 aromatic rings. The smallest absolute Gasteiger partial charge is 0.254 e. The van der Waals surface area contributed by atoms with Crippen molar-refractivity contribution in [3.8, 4) is 6.07 Å². The average molecular weight is 306 g/mol. The van der Waals surface area contributed by atoms with Crippen LogP contribution in [-0.2, 0) is 19.5 Å². The third-order valence-electron chi connectivity index (χ3n) is 4.67. The molecule has 1 aromatic heterocycles. The first kappa shape index (κ1) is 14.2. The van der Waals surface area contributed by atoms with E-state index in [-0.39, 0.29) is 5.56 Å². The molecule has 5 heteroatoms. The zero-order valence-electron chi connectivity index (χ0n) is 12.9. The number of rotatable bonds is 3. The van der Waals surface area contributed by atoms with E-state index < -0.39 is 0 Å². The summed E-state index contributed by atoms with van der Waals surface area (Å²) < 4.78 is 0. The highest BCUT2D eigenvalue weighted by molar-refractivity contribution is 5.37. The molecule has 0 bridgehead atoms. The predicted octanol–water partition coefficient (Wildman–Crippen LogP) is 2.08. The maximum atomic E-state index is 12.2. The van der Waals surface area contributed by atoms with Gasteiger partial charge in [-0.1, -0.05) is 18.2 Å². The number of hydrogen-bond donors (Lipinski definition) is 1. The van der Waals surface area contributed by atoms with Crippen molar-refractivity contribution in [1.82, 2.24) is 14.9 Å². The third kappa shape index (κ3) is 2.78. The van der Waals surface area contributed by atoms with Gasteiger partial charge in [0.15, 0.2) is 0 Å². The third-order valence-corrected chi connectivity index (χ3v) is 4.67. The van der Waals surface area contributed by atoms with Crippen LogP contribution in [0.25, 0.3) is 0 Å². The molecule has 23 heavy (non-hydrogen) atoms. The average Bonchev–Trinajstić information content (AvgIpc) is 3.40. The number of benzene rings is 1. The zero-order chi connectivity index (χ0) is 15.8. The second-order valence-corrected chi connectivity index (χ2v) is 6.38. The Hall–Kier alpha value is -2.45. The molecule has 1 aliphatic carbocycles. The van der Waals surface area contributed by atoms with Gasteiger partial charge in [-0.15, -0.1) is 0 Å². The number of hydrogen-bond acceptors (Lipinski definition) is 4. The molecule has 0 unspecified atom stereocenters. The molecule has 1 fully saturated rings. The van der Waals surface area contributed by atoms with Gasteiger partial charge < -0.3 is 4.98 Å². The maximum absolute atomic E-state index is 12.2. The Morgan fingerprint density at radius 3 is 2.96 bits per heavy atom. The first-order valence-electron chi connectivity index (χ1n) is 8.07. The van der Waals surface area contributed by atoms with E-state index in [0.29, 0.717) is 12.5 Å². The lowest BCUT2D eigenvalue weighted by molar-refractivity contribution is 0.240. The van der Waals surface area contributed by atoms with Crippen molar-refractivity contribution in [3.63, 3.8) is 0 Å². The molecule has 0 atom stereocenters. The normalized spacial score (nSPS) is 17.5. The summed E-state index contributed by atoms with van der Waals surface area (Å²) in [7, 11) is 0. The fourth-order valence-corrected chi connectivity index (χ4v) is 3.21. The number of fused-ring (bicyclic) bond motifs is 1. The lowest BCUT2D eigenvalue weighted by atomic mass is 10.0. The zero-order valence-corrected chi connectivity index (χ0v) is 12.9. The molecule has 5 nitrogen and oxygen atoms in total. The Morgan fingerprint density at radius 2 is 2.17 bits per heavy atom. The molecule has 1 N–H and O–H groups in total. The molecular formula is C18H18N4O. The minimum Gasteiger partial charge on any atom is -0.310 e. The Balaban J connectivity index is 1.59. The van der Waals surface area contributed by atoms with E-state index in [0.717, 1.165) is 60.6 Å². The number of nitrogens with one attached hydrogen (secondary N) is 1. The van der Waals surface area contributed by atoms with Gasteiger partial charge in [0, 0.05) is 31.1 Å². The van der Waals surface area contributed by atoms with Gasteiger partial charge >= 0.3 is 0 Å². The Bertz CT molecular complexity index is 845. The molecule has 2 heterocycles. The van der Waals surface area contributed by atoms with E-state index in [1.165, 1.54) is 0 Å². The Labute approximate surface area is 134 Å². The SMILES string of the molecule is N#Cc1ccccc1CN1CCc2c(nc(C3CC3)[nH]c2=O)C1. The van der Waals surface area contributed by atoms with Crippen LogP contribution in [0.2, 0.25) is 0 Å². The van der Waals surface area contributed by atoms with Crippen LogP contribution in [0.4, 0.5) is 0 Å². The Morgan fingerprint density at radius 1 is 1.35 bits per heavy atom. The van der Waals surface area contributed by atoms with Gasteiger partial charge in [0.1, 0.15) is 5.82 Å². The fourth-order valence-electron chi connectivity index (χ4n) is 3.21. The summed E-state index contributed by atoms with van der Waals surface area (Å²) in [6, 6.07) is 9.94. The molecule has 1 aliphatic heterocycles. The standard InChI is InChI=1S/C18H18N4O/c19-9-13-3-1-2-4-14(13)10-22-8-7-15-16(11-22)20-17(12-5-6-12)21-18(15)23/h1-4,12H,5-8,10-11H2,(H,20,21,23). The summed E-state index contributed by atoms with van der Waals surface area (Å²) in [6.45, 7) is 2.22. The number of nitriles is 1. The van der Waals surface area contributed by atoms with Crippen molar-refractivity contribution in [2.45, 2.75) is 38.3 Å². The van der Waals surface area contributed by atoms with Gasteiger partial charge in [-0.05, 0) is 30.9 Å². The molecular weight excluding hydrogens is 288 g/mol. The minimum absolute atomic E-state index is 0.0361. The van der Waals surface area contributed by atoms with Crippen LogP contribution in [0.3, 0.4) is 0 Å². The highest BCUT2D eigenvalue weighted by atomic mass is 16.1. The topological polar surface area (TPSA) is 72.8 Å². The van der Waals surface area contributed by atoms with E-state index in [9.17, 15) is 10.1 Å². The molecule has 0 spiro atoms. The summed E-state index contributed by atoms with van der Waals surface area (Å²) in [6.07, 6.45) is 2.97. The summed E-state index contributed by atoms with van der Waals surface area (Å²) in [4.78, 5) is 22.2. The second kappa shape index (κ2) is 5.64.